The van der Waals surface area contributed by atoms with Crippen LogP contribution in [0.3, 0.4) is 0 Å². The lowest BCUT2D eigenvalue weighted by Crippen LogP contribution is -2.40. The van der Waals surface area contributed by atoms with Crippen LogP contribution in [0.2, 0.25) is 0 Å². The van der Waals surface area contributed by atoms with Crippen LogP contribution in [0.15, 0.2) is 28.6 Å². The third kappa shape index (κ3) is 3.06. The molecule has 0 atom stereocenters. The van der Waals surface area contributed by atoms with E-state index in [1.54, 1.807) is 16.5 Å². The molecule has 27 heavy (non-hydrogen) atoms. The summed E-state index contributed by atoms with van der Waals surface area (Å²) in [5.74, 6) is -1.92. The number of anilines is 1. The van der Waals surface area contributed by atoms with E-state index in [9.17, 15) is 19.1 Å². The summed E-state index contributed by atoms with van der Waals surface area (Å²) in [5, 5.41) is 11.4. The SMILES string of the molecule is NC1CCN(c2nc3c(cc2F)c(=O)c(C(=O)O)cn3-c2nccs2)CC1. The number of nitrogens with two attached hydrogens (primary N) is 1. The maximum Gasteiger partial charge on any atom is 0.341 e. The molecule has 8 nitrogen and oxygen atoms in total. The predicted octanol–water partition coefficient (Wildman–Crippen LogP) is 1.61. The van der Waals surface area contributed by atoms with E-state index in [0.717, 1.165) is 18.9 Å². The minimum absolute atomic E-state index is 0.0800. The lowest BCUT2D eigenvalue weighted by atomic mass is 10.1. The molecular weight excluding hydrogens is 373 g/mol. The van der Waals surface area contributed by atoms with Crippen molar-refractivity contribution in [1.29, 1.82) is 0 Å². The number of rotatable bonds is 3. The average Bonchev–Trinajstić information content (AvgIpc) is 3.17. The second kappa shape index (κ2) is 6.71. The zero-order valence-electron chi connectivity index (χ0n) is 14.1. The Balaban J connectivity index is 1.96. The Bertz CT molecular complexity index is 1070. The van der Waals surface area contributed by atoms with Crippen molar-refractivity contribution in [2.24, 2.45) is 5.73 Å². The zero-order valence-corrected chi connectivity index (χ0v) is 14.9. The van der Waals surface area contributed by atoms with Crippen LogP contribution < -0.4 is 16.1 Å². The van der Waals surface area contributed by atoms with Crippen molar-refractivity contribution in [3.05, 3.63) is 45.4 Å². The number of carbonyl (C=O) groups is 1. The van der Waals surface area contributed by atoms with Crippen LogP contribution in [-0.4, -0.2) is 44.7 Å². The fourth-order valence-corrected chi connectivity index (χ4v) is 3.80. The first-order valence-electron chi connectivity index (χ1n) is 8.35. The summed E-state index contributed by atoms with van der Waals surface area (Å²) in [5.41, 5.74) is 4.84. The summed E-state index contributed by atoms with van der Waals surface area (Å²) >= 11 is 1.26. The van der Waals surface area contributed by atoms with Gasteiger partial charge in [0.05, 0.1) is 5.39 Å². The molecule has 4 rings (SSSR count). The minimum atomic E-state index is -1.39. The molecule has 0 unspecified atom stereocenters. The number of piperidine rings is 1. The van der Waals surface area contributed by atoms with Crippen LogP contribution in [-0.2, 0) is 0 Å². The van der Waals surface area contributed by atoms with Gasteiger partial charge in [-0.05, 0) is 18.9 Å². The molecule has 0 bridgehead atoms. The first-order chi connectivity index (χ1) is 13.0. The van der Waals surface area contributed by atoms with Crippen LogP contribution in [0.1, 0.15) is 23.2 Å². The quantitative estimate of drug-likeness (QED) is 0.699. The van der Waals surface area contributed by atoms with Crippen molar-refractivity contribution in [2.75, 3.05) is 18.0 Å². The number of pyridine rings is 2. The number of hydrogen-bond donors (Lipinski definition) is 2. The zero-order chi connectivity index (χ0) is 19.1. The Hall–Kier alpha value is -2.85. The van der Waals surface area contributed by atoms with Gasteiger partial charge in [0.2, 0.25) is 5.43 Å². The van der Waals surface area contributed by atoms with Crippen molar-refractivity contribution < 1.29 is 14.3 Å². The van der Waals surface area contributed by atoms with E-state index in [2.05, 4.69) is 9.97 Å². The molecule has 4 heterocycles. The topological polar surface area (TPSA) is 114 Å². The molecule has 3 aromatic rings. The number of thiazole rings is 1. The van der Waals surface area contributed by atoms with E-state index in [1.165, 1.54) is 22.1 Å². The molecule has 140 valence electrons. The first kappa shape index (κ1) is 17.6. The van der Waals surface area contributed by atoms with Crippen LogP contribution in [0.25, 0.3) is 16.2 Å². The van der Waals surface area contributed by atoms with Crippen LogP contribution in [0, 0.1) is 5.82 Å². The summed E-state index contributed by atoms with van der Waals surface area (Å²) in [6.45, 7) is 1.12. The number of nitrogens with zero attached hydrogens (tertiary/aromatic N) is 4. The predicted molar refractivity (Wildman–Crippen MR) is 99.4 cm³/mol. The van der Waals surface area contributed by atoms with Crippen LogP contribution in [0.5, 0.6) is 0 Å². The first-order valence-corrected chi connectivity index (χ1v) is 9.23. The van der Waals surface area contributed by atoms with Crippen LogP contribution in [0.4, 0.5) is 10.2 Å². The molecule has 3 aromatic heterocycles. The molecular formula is C17H16FN5O3S. The molecule has 1 aliphatic heterocycles. The molecule has 1 aliphatic rings. The van der Waals surface area contributed by atoms with Gasteiger partial charge in [-0.3, -0.25) is 9.36 Å². The summed E-state index contributed by atoms with van der Waals surface area (Å²) in [7, 11) is 0. The molecule has 1 fully saturated rings. The molecule has 1 saturated heterocycles. The van der Waals surface area contributed by atoms with E-state index < -0.39 is 22.8 Å². The van der Waals surface area contributed by atoms with Gasteiger partial charge in [-0.2, -0.15) is 0 Å². The van der Waals surface area contributed by atoms with Gasteiger partial charge in [-0.1, -0.05) is 0 Å². The molecule has 0 saturated carbocycles. The summed E-state index contributed by atoms with van der Waals surface area (Å²) in [6, 6.07) is 1.14. The van der Waals surface area contributed by atoms with E-state index in [1.807, 2.05) is 0 Å². The molecule has 10 heteroatoms. The lowest BCUT2D eigenvalue weighted by molar-refractivity contribution is 0.0695. The van der Waals surface area contributed by atoms with E-state index in [-0.39, 0.29) is 22.9 Å². The second-order valence-corrected chi connectivity index (χ2v) is 7.22. The third-order valence-electron chi connectivity index (χ3n) is 4.61. The third-order valence-corrected chi connectivity index (χ3v) is 5.38. The molecule has 0 spiro atoms. The molecule has 0 amide bonds. The van der Waals surface area contributed by atoms with Crippen molar-refractivity contribution >= 4 is 34.2 Å². The molecule has 3 N–H and O–H groups in total. The number of carboxylic acid groups (broad SMARTS) is 1. The molecule has 0 aliphatic carbocycles. The largest absolute Gasteiger partial charge is 0.477 e. The number of fused-ring (bicyclic) bond motifs is 1. The highest BCUT2D eigenvalue weighted by Gasteiger charge is 2.24. The normalized spacial score (nSPS) is 15.4. The number of carboxylic acids is 1. The summed E-state index contributed by atoms with van der Waals surface area (Å²) in [6.07, 6.45) is 4.18. The standard InChI is InChI=1S/C17H16FN5O3S/c18-12-7-10-13(24)11(16(25)26)8-23(17-20-3-6-27-17)14(10)21-15(12)22-4-1-9(19)2-5-22/h3,6-9H,1-2,4-5,19H2,(H,25,26). The Morgan fingerprint density at radius 1 is 1.37 bits per heavy atom. The van der Waals surface area contributed by atoms with Gasteiger partial charge in [0.15, 0.2) is 22.4 Å². The number of hydrogen-bond acceptors (Lipinski definition) is 7. The Labute approximate surface area is 156 Å². The highest BCUT2D eigenvalue weighted by atomic mass is 32.1. The van der Waals surface area contributed by atoms with Crippen LogP contribution >= 0.6 is 11.3 Å². The smallest absolute Gasteiger partial charge is 0.341 e. The van der Waals surface area contributed by atoms with Gasteiger partial charge < -0.3 is 15.7 Å². The highest BCUT2D eigenvalue weighted by Crippen LogP contribution is 2.26. The highest BCUT2D eigenvalue weighted by molar-refractivity contribution is 7.12. The average molecular weight is 389 g/mol. The monoisotopic (exact) mass is 389 g/mol. The van der Waals surface area contributed by atoms with Gasteiger partial charge in [0.1, 0.15) is 5.56 Å². The van der Waals surface area contributed by atoms with Gasteiger partial charge >= 0.3 is 5.97 Å². The second-order valence-electron chi connectivity index (χ2n) is 6.35. The fraction of sp³-hybridized carbons (Fsp3) is 0.294. The Morgan fingerprint density at radius 3 is 2.74 bits per heavy atom. The fourth-order valence-electron chi connectivity index (χ4n) is 3.18. The van der Waals surface area contributed by atoms with Crippen molar-refractivity contribution in [2.45, 2.75) is 18.9 Å². The van der Waals surface area contributed by atoms with E-state index in [4.69, 9.17) is 5.73 Å². The minimum Gasteiger partial charge on any atom is -0.477 e. The Kier molecular flexibility index (Phi) is 4.36. The van der Waals surface area contributed by atoms with Gasteiger partial charge in [-0.15, -0.1) is 11.3 Å². The number of aromatic carboxylic acids is 1. The molecule has 0 aromatic carbocycles. The lowest BCUT2D eigenvalue weighted by Gasteiger charge is -2.31. The maximum atomic E-state index is 14.7. The molecule has 0 radical (unpaired) electrons. The Morgan fingerprint density at radius 2 is 2.11 bits per heavy atom. The van der Waals surface area contributed by atoms with Crippen molar-refractivity contribution in [3.63, 3.8) is 0 Å². The van der Waals surface area contributed by atoms with Gasteiger partial charge in [0.25, 0.3) is 0 Å². The van der Waals surface area contributed by atoms with E-state index >= 15 is 0 Å². The van der Waals surface area contributed by atoms with Gasteiger partial charge in [0, 0.05) is 36.9 Å². The number of halogens is 1. The van der Waals surface area contributed by atoms with Crippen molar-refractivity contribution in [1.82, 2.24) is 14.5 Å². The summed E-state index contributed by atoms with van der Waals surface area (Å²) in [4.78, 5) is 34.3. The maximum absolute atomic E-state index is 14.7. The van der Waals surface area contributed by atoms with Gasteiger partial charge in [-0.25, -0.2) is 19.2 Å². The van der Waals surface area contributed by atoms with Crippen molar-refractivity contribution in [3.8, 4) is 5.13 Å². The number of aromatic nitrogens is 3. The van der Waals surface area contributed by atoms with E-state index in [0.29, 0.717) is 18.2 Å². The summed E-state index contributed by atoms with van der Waals surface area (Å²) < 4.78 is 16.2.